The lowest BCUT2D eigenvalue weighted by atomic mass is 10.2. The maximum atomic E-state index is 9.49. The Morgan fingerprint density at radius 1 is 1.29 bits per heavy atom. The summed E-state index contributed by atoms with van der Waals surface area (Å²) >= 11 is 5.74. The summed E-state index contributed by atoms with van der Waals surface area (Å²) in [5, 5.41) is 13.2. The molecule has 76 valence electrons. The van der Waals surface area contributed by atoms with E-state index in [1.807, 2.05) is 0 Å². The van der Waals surface area contributed by atoms with Crippen molar-refractivity contribution in [2.24, 2.45) is 0 Å². The summed E-state index contributed by atoms with van der Waals surface area (Å²) in [6.45, 7) is 1.28. The number of aliphatic hydroxyl groups is 1. The Morgan fingerprint density at radius 2 is 2.00 bits per heavy atom. The van der Waals surface area contributed by atoms with E-state index in [2.05, 4.69) is 5.32 Å². The van der Waals surface area contributed by atoms with Gasteiger partial charge >= 0.3 is 0 Å². The fraction of sp³-hybridized carbons (Fsp3) is 0.400. The van der Waals surface area contributed by atoms with Crippen molar-refractivity contribution in [2.45, 2.75) is 12.2 Å². The van der Waals surface area contributed by atoms with E-state index in [-0.39, 0.29) is 6.10 Å². The first-order valence-electron chi connectivity index (χ1n) is 4.57. The van der Waals surface area contributed by atoms with Crippen molar-refractivity contribution in [3.05, 3.63) is 29.3 Å². The van der Waals surface area contributed by atoms with Crippen LogP contribution in [-0.2, 0) is 0 Å². The van der Waals surface area contributed by atoms with Crippen molar-refractivity contribution in [3.8, 4) is 5.75 Å². The Morgan fingerprint density at radius 3 is 2.57 bits per heavy atom. The number of benzene rings is 1. The minimum atomic E-state index is -0.425. The van der Waals surface area contributed by atoms with E-state index < -0.39 is 6.10 Å². The minimum absolute atomic E-state index is 0.156. The molecule has 1 heterocycles. The van der Waals surface area contributed by atoms with Crippen molar-refractivity contribution >= 4 is 11.6 Å². The lowest BCUT2D eigenvalue weighted by molar-refractivity contribution is 0.0738. The van der Waals surface area contributed by atoms with Crippen LogP contribution >= 0.6 is 11.6 Å². The summed E-state index contributed by atoms with van der Waals surface area (Å²) in [5.74, 6) is 0.738. The van der Waals surface area contributed by atoms with Gasteiger partial charge in [0.2, 0.25) is 0 Å². The summed E-state index contributed by atoms with van der Waals surface area (Å²) in [4.78, 5) is 0. The van der Waals surface area contributed by atoms with Crippen LogP contribution in [0.3, 0.4) is 0 Å². The van der Waals surface area contributed by atoms with E-state index in [4.69, 9.17) is 16.3 Å². The highest BCUT2D eigenvalue weighted by Crippen LogP contribution is 2.18. The lowest BCUT2D eigenvalue weighted by Crippen LogP contribution is -2.29. The van der Waals surface area contributed by atoms with Crippen LogP contribution < -0.4 is 10.1 Å². The number of aliphatic hydroxyl groups excluding tert-OH is 1. The standard InChI is InChI=1S/C10H12ClNO2/c11-7-1-3-8(4-2-7)14-10-6-12-5-9(10)13/h1-4,9-10,12-13H,5-6H2/t9-,10-/m0/s1. The van der Waals surface area contributed by atoms with Gasteiger partial charge in [0.25, 0.3) is 0 Å². The highest BCUT2D eigenvalue weighted by molar-refractivity contribution is 6.30. The third-order valence-corrected chi connectivity index (χ3v) is 2.48. The number of hydrogen-bond acceptors (Lipinski definition) is 3. The van der Waals surface area contributed by atoms with Gasteiger partial charge in [-0.1, -0.05) is 11.6 Å². The molecule has 3 nitrogen and oxygen atoms in total. The van der Waals surface area contributed by atoms with Crippen molar-refractivity contribution in [2.75, 3.05) is 13.1 Å². The average Bonchev–Trinajstić information content (AvgIpc) is 2.56. The Bertz CT molecular complexity index is 301. The molecule has 1 saturated heterocycles. The molecule has 1 aromatic carbocycles. The fourth-order valence-electron chi connectivity index (χ4n) is 1.45. The highest BCUT2D eigenvalue weighted by Gasteiger charge is 2.26. The van der Waals surface area contributed by atoms with Crippen LogP contribution in [0.4, 0.5) is 0 Å². The zero-order valence-electron chi connectivity index (χ0n) is 7.61. The second kappa shape index (κ2) is 4.17. The number of hydrogen-bond donors (Lipinski definition) is 2. The van der Waals surface area contributed by atoms with Crippen LogP contribution in [0.1, 0.15) is 0 Å². The monoisotopic (exact) mass is 213 g/mol. The van der Waals surface area contributed by atoms with Crippen LogP contribution in [0.5, 0.6) is 5.75 Å². The lowest BCUT2D eigenvalue weighted by Gasteiger charge is -2.15. The maximum absolute atomic E-state index is 9.49. The normalized spacial score (nSPS) is 26.4. The molecule has 1 aromatic rings. The largest absolute Gasteiger partial charge is 0.486 e. The SMILES string of the molecule is O[C@H]1CNC[C@@H]1Oc1ccc(Cl)cc1. The topological polar surface area (TPSA) is 41.5 Å². The summed E-state index contributed by atoms with van der Waals surface area (Å²) in [6.07, 6.45) is -0.582. The number of nitrogens with one attached hydrogen (secondary N) is 1. The van der Waals surface area contributed by atoms with Gasteiger partial charge in [-0.25, -0.2) is 0 Å². The third-order valence-electron chi connectivity index (χ3n) is 2.23. The Labute approximate surface area is 87.6 Å². The molecule has 0 unspecified atom stereocenters. The summed E-state index contributed by atoms with van der Waals surface area (Å²) in [5.41, 5.74) is 0. The molecule has 14 heavy (non-hydrogen) atoms. The molecule has 0 saturated carbocycles. The van der Waals surface area contributed by atoms with Crippen molar-refractivity contribution < 1.29 is 9.84 Å². The minimum Gasteiger partial charge on any atom is -0.486 e. The summed E-state index contributed by atoms with van der Waals surface area (Å²) in [6, 6.07) is 7.14. The number of rotatable bonds is 2. The summed E-state index contributed by atoms with van der Waals surface area (Å²) < 4.78 is 5.57. The second-order valence-electron chi connectivity index (χ2n) is 3.34. The van der Waals surface area contributed by atoms with Crippen LogP contribution in [0.2, 0.25) is 5.02 Å². The average molecular weight is 214 g/mol. The van der Waals surface area contributed by atoms with Crippen LogP contribution in [-0.4, -0.2) is 30.4 Å². The van der Waals surface area contributed by atoms with Gasteiger partial charge < -0.3 is 15.2 Å². The van der Waals surface area contributed by atoms with Crippen LogP contribution in [0, 0.1) is 0 Å². The van der Waals surface area contributed by atoms with Crippen molar-refractivity contribution in [1.29, 1.82) is 0 Å². The van der Waals surface area contributed by atoms with E-state index in [9.17, 15) is 5.11 Å². The predicted octanol–water partition coefficient (Wildman–Crippen LogP) is 1.05. The molecule has 1 aliphatic heterocycles. The molecular weight excluding hydrogens is 202 g/mol. The predicted molar refractivity (Wildman–Crippen MR) is 54.7 cm³/mol. The Balaban J connectivity index is 2.00. The highest BCUT2D eigenvalue weighted by atomic mass is 35.5. The zero-order valence-corrected chi connectivity index (χ0v) is 8.37. The molecular formula is C10H12ClNO2. The second-order valence-corrected chi connectivity index (χ2v) is 3.77. The number of ether oxygens (including phenoxy) is 1. The van der Waals surface area contributed by atoms with E-state index in [0.29, 0.717) is 18.1 Å². The van der Waals surface area contributed by atoms with Gasteiger partial charge in [0.15, 0.2) is 0 Å². The summed E-state index contributed by atoms with van der Waals surface area (Å²) in [7, 11) is 0. The van der Waals surface area contributed by atoms with Gasteiger partial charge in [-0.3, -0.25) is 0 Å². The zero-order chi connectivity index (χ0) is 9.97. The van der Waals surface area contributed by atoms with Crippen molar-refractivity contribution in [3.63, 3.8) is 0 Å². The smallest absolute Gasteiger partial charge is 0.138 e. The van der Waals surface area contributed by atoms with Crippen LogP contribution in [0.15, 0.2) is 24.3 Å². The molecule has 0 bridgehead atoms. The van der Waals surface area contributed by atoms with E-state index in [1.54, 1.807) is 24.3 Å². The molecule has 1 aliphatic rings. The molecule has 0 amide bonds. The van der Waals surface area contributed by atoms with E-state index in [1.165, 1.54) is 0 Å². The quantitative estimate of drug-likeness (QED) is 0.772. The maximum Gasteiger partial charge on any atom is 0.138 e. The van der Waals surface area contributed by atoms with Crippen molar-refractivity contribution in [1.82, 2.24) is 5.32 Å². The number of β-amino-alcohol motifs (C(OH)–C–C–N with tert-alkyl or cyclic N) is 1. The van der Waals surface area contributed by atoms with E-state index in [0.717, 1.165) is 5.75 Å². The van der Waals surface area contributed by atoms with Gasteiger partial charge in [0.05, 0.1) is 0 Å². The first kappa shape index (κ1) is 9.77. The first-order valence-corrected chi connectivity index (χ1v) is 4.94. The molecule has 0 aliphatic carbocycles. The Kier molecular flexibility index (Phi) is 2.91. The molecule has 4 heteroatoms. The van der Waals surface area contributed by atoms with Gasteiger partial charge in [0.1, 0.15) is 18.0 Å². The molecule has 0 aromatic heterocycles. The number of halogens is 1. The first-order chi connectivity index (χ1) is 6.75. The fourth-order valence-corrected chi connectivity index (χ4v) is 1.58. The van der Waals surface area contributed by atoms with E-state index >= 15 is 0 Å². The molecule has 2 atom stereocenters. The van der Waals surface area contributed by atoms with Crippen LogP contribution in [0.25, 0.3) is 0 Å². The third kappa shape index (κ3) is 2.18. The molecule has 0 radical (unpaired) electrons. The molecule has 0 spiro atoms. The van der Waals surface area contributed by atoms with Gasteiger partial charge in [-0.15, -0.1) is 0 Å². The van der Waals surface area contributed by atoms with Gasteiger partial charge in [-0.2, -0.15) is 0 Å². The van der Waals surface area contributed by atoms with Gasteiger partial charge in [-0.05, 0) is 24.3 Å². The Hall–Kier alpha value is -0.770. The molecule has 1 fully saturated rings. The van der Waals surface area contributed by atoms with Gasteiger partial charge in [0, 0.05) is 18.1 Å². The molecule has 2 N–H and O–H groups in total. The molecule has 2 rings (SSSR count).